The Balaban J connectivity index is 1.28. The van der Waals surface area contributed by atoms with Crippen LogP contribution in [-0.4, -0.2) is 0 Å². The van der Waals surface area contributed by atoms with Crippen molar-refractivity contribution >= 4 is 5.57 Å². The van der Waals surface area contributed by atoms with E-state index in [0.717, 1.165) is 41.9 Å². The monoisotopic (exact) mass is 512 g/mol. The molecular weight excluding hydrogens is 477 g/mol. The van der Waals surface area contributed by atoms with Crippen LogP contribution in [0.3, 0.4) is 0 Å². The van der Waals surface area contributed by atoms with Crippen molar-refractivity contribution in [3.63, 3.8) is 0 Å². The van der Waals surface area contributed by atoms with Crippen LogP contribution in [-0.2, 0) is 6.42 Å². The molecule has 2 aliphatic carbocycles. The van der Waals surface area contributed by atoms with Crippen LogP contribution in [0.4, 0.5) is 13.2 Å². The zero-order valence-electron chi connectivity index (χ0n) is 21.9. The molecule has 0 aliphatic heterocycles. The molecule has 0 nitrogen and oxygen atoms in total. The molecule has 0 radical (unpaired) electrons. The molecular formula is C35H35F3. The molecule has 1 unspecified atom stereocenters. The number of hydrogen-bond donors (Lipinski definition) is 0. The van der Waals surface area contributed by atoms with E-state index >= 15 is 4.39 Å². The Morgan fingerprint density at radius 3 is 2.03 bits per heavy atom. The average Bonchev–Trinajstić information content (AvgIpc) is 2.96. The maximum absolute atomic E-state index is 15.2. The molecule has 3 aromatic carbocycles. The molecule has 0 spiro atoms. The van der Waals surface area contributed by atoms with E-state index in [1.54, 1.807) is 36.4 Å². The Hall–Kier alpha value is -3.33. The molecule has 3 aromatic rings. The van der Waals surface area contributed by atoms with Crippen LogP contribution >= 0.6 is 0 Å². The molecule has 0 heterocycles. The summed E-state index contributed by atoms with van der Waals surface area (Å²) in [6.07, 6.45) is 14.4. The van der Waals surface area contributed by atoms with Crippen molar-refractivity contribution in [3.8, 4) is 22.3 Å². The van der Waals surface area contributed by atoms with Gasteiger partial charge in [-0.05, 0) is 103 Å². The van der Waals surface area contributed by atoms with Crippen LogP contribution < -0.4 is 0 Å². The third kappa shape index (κ3) is 5.43. The van der Waals surface area contributed by atoms with Gasteiger partial charge in [0.1, 0.15) is 5.82 Å². The smallest absolute Gasteiger partial charge is 0.166 e. The Morgan fingerprint density at radius 1 is 0.711 bits per heavy atom. The standard InChI is InChI=1S/C35H35F3/c1-3-5-29-18-21-32(35(38)34(29)37)28-16-12-26(13-17-28)30-19-20-31(33(36)22-30)27-14-10-25(11-15-27)24-8-6-23(4-2)7-9-24/h3-4,12-14,16-25H,1-2,5-11,15H2. The van der Waals surface area contributed by atoms with E-state index in [9.17, 15) is 8.78 Å². The summed E-state index contributed by atoms with van der Waals surface area (Å²) in [5.74, 6) is 0.264. The van der Waals surface area contributed by atoms with Gasteiger partial charge in [0, 0.05) is 11.1 Å². The van der Waals surface area contributed by atoms with Crippen LogP contribution in [0.25, 0.3) is 27.8 Å². The highest BCUT2D eigenvalue weighted by molar-refractivity contribution is 5.74. The molecule has 0 bridgehead atoms. The summed E-state index contributed by atoms with van der Waals surface area (Å²) in [5, 5.41) is 0. The largest absolute Gasteiger partial charge is 0.206 e. The molecule has 1 saturated carbocycles. The van der Waals surface area contributed by atoms with E-state index in [4.69, 9.17) is 0 Å². The SMILES string of the molecule is C=CCc1ccc(-c2ccc(-c3ccc(C4=CCC(C5CCC(C=C)CC5)CC4)c(F)c3)cc2)c(F)c1F. The quantitative estimate of drug-likeness (QED) is 0.276. The van der Waals surface area contributed by atoms with Crippen LogP contribution in [0, 0.1) is 35.2 Å². The van der Waals surface area contributed by atoms with Crippen LogP contribution in [0.15, 0.2) is 86.0 Å². The van der Waals surface area contributed by atoms with E-state index in [1.807, 2.05) is 24.3 Å². The number of halogens is 3. The van der Waals surface area contributed by atoms with Crippen molar-refractivity contribution < 1.29 is 13.2 Å². The first-order valence-electron chi connectivity index (χ1n) is 13.8. The zero-order chi connectivity index (χ0) is 26.6. The summed E-state index contributed by atoms with van der Waals surface area (Å²) in [6.45, 7) is 7.54. The Labute approximate surface area is 224 Å². The first kappa shape index (κ1) is 26.3. The summed E-state index contributed by atoms with van der Waals surface area (Å²) < 4.78 is 44.3. The van der Waals surface area contributed by atoms with Gasteiger partial charge in [-0.25, -0.2) is 13.2 Å². The fraction of sp³-hybridized carbons (Fsp3) is 0.314. The van der Waals surface area contributed by atoms with Gasteiger partial charge < -0.3 is 0 Å². The van der Waals surface area contributed by atoms with Gasteiger partial charge in [-0.1, -0.05) is 66.8 Å². The maximum atomic E-state index is 15.2. The molecule has 2 aliphatic rings. The van der Waals surface area contributed by atoms with Crippen molar-refractivity contribution in [1.82, 2.24) is 0 Å². The highest BCUT2D eigenvalue weighted by atomic mass is 19.2. The van der Waals surface area contributed by atoms with Crippen molar-refractivity contribution in [2.24, 2.45) is 17.8 Å². The van der Waals surface area contributed by atoms with Crippen molar-refractivity contribution in [3.05, 3.63) is 115 Å². The predicted molar refractivity (Wildman–Crippen MR) is 152 cm³/mol. The summed E-state index contributed by atoms with van der Waals surface area (Å²) in [5.41, 5.74) is 4.46. The van der Waals surface area contributed by atoms with Gasteiger partial charge in [0.25, 0.3) is 0 Å². The highest BCUT2D eigenvalue weighted by Crippen LogP contribution is 2.42. The van der Waals surface area contributed by atoms with Crippen LogP contribution in [0.5, 0.6) is 0 Å². The minimum atomic E-state index is -0.861. The third-order valence-electron chi connectivity index (χ3n) is 8.64. The summed E-state index contributed by atoms with van der Waals surface area (Å²) in [7, 11) is 0. The lowest BCUT2D eigenvalue weighted by Gasteiger charge is -2.34. The number of rotatable bonds is 7. The predicted octanol–water partition coefficient (Wildman–Crippen LogP) is 10.3. The van der Waals surface area contributed by atoms with E-state index in [2.05, 4.69) is 25.3 Å². The average molecular weight is 513 g/mol. The molecule has 0 amide bonds. The number of benzene rings is 3. The topological polar surface area (TPSA) is 0 Å². The molecule has 196 valence electrons. The molecule has 0 saturated heterocycles. The summed E-state index contributed by atoms with van der Waals surface area (Å²) >= 11 is 0. The molecule has 1 fully saturated rings. The summed E-state index contributed by atoms with van der Waals surface area (Å²) in [4.78, 5) is 0. The number of hydrogen-bond acceptors (Lipinski definition) is 0. The normalized spacial score (nSPS) is 21.6. The van der Waals surface area contributed by atoms with Crippen molar-refractivity contribution in [1.29, 1.82) is 0 Å². The van der Waals surface area contributed by atoms with Gasteiger partial charge in [0.15, 0.2) is 11.6 Å². The second kappa shape index (κ2) is 11.6. The van der Waals surface area contributed by atoms with Gasteiger partial charge in [-0.15, -0.1) is 13.2 Å². The van der Waals surface area contributed by atoms with Crippen molar-refractivity contribution in [2.45, 2.75) is 51.4 Å². The first-order valence-corrected chi connectivity index (χ1v) is 13.8. The zero-order valence-corrected chi connectivity index (χ0v) is 21.9. The Bertz CT molecular complexity index is 1340. The Kier molecular flexibility index (Phi) is 8.02. The van der Waals surface area contributed by atoms with Gasteiger partial charge in [0.2, 0.25) is 0 Å². The minimum Gasteiger partial charge on any atom is -0.206 e. The van der Waals surface area contributed by atoms with Gasteiger partial charge in [0.05, 0.1) is 0 Å². The summed E-state index contributed by atoms with van der Waals surface area (Å²) in [6, 6.07) is 15.7. The maximum Gasteiger partial charge on any atom is 0.166 e. The van der Waals surface area contributed by atoms with Gasteiger partial charge in [-0.2, -0.15) is 0 Å². The minimum absolute atomic E-state index is 0.208. The molecule has 1 atom stereocenters. The lowest BCUT2D eigenvalue weighted by molar-refractivity contribution is 0.212. The Morgan fingerprint density at radius 2 is 1.39 bits per heavy atom. The second-order valence-corrected chi connectivity index (χ2v) is 10.8. The van der Waals surface area contributed by atoms with E-state index in [0.29, 0.717) is 23.0 Å². The van der Waals surface area contributed by atoms with Crippen LogP contribution in [0.1, 0.15) is 56.1 Å². The molecule has 3 heteroatoms. The second-order valence-electron chi connectivity index (χ2n) is 10.8. The van der Waals surface area contributed by atoms with Crippen molar-refractivity contribution in [2.75, 3.05) is 0 Å². The third-order valence-corrected chi connectivity index (χ3v) is 8.64. The fourth-order valence-electron chi connectivity index (χ4n) is 6.30. The van der Waals surface area contributed by atoms with E-state index in [1.165, 1.54) is 25.7 Å². The lowest BCUT2D eigenvalue weighted by Crippen LogP contribution is -2.22. The van der Waals surface area contributed by atoms with E-state index < -0.39 is 11.6 Å². The fourth-order valence-corrected chi connectivity index (χ4v) is 6.30. The first-order chi connectivity index (χ1) is 18.5. The highest BCUT2D eigenvalue weighted by Gasteiger charge is 2.28. The molecule has 38 heavy (non-hydrogen) atoms. The van der Waals surface area contributed by atoms with Crippen LogP contribution in [0.2, 0.25) is 0 Å². The lowest BCUT2D eigenvalue weighted by atomic mass is 9.71. The molecule has 5 rings (SSSR count). The number of allylic oxidation sites excluding steroid dienone is 4. The van der Waals surface area contributed by atoms with E-state index in [-0.39, 0.29) is 23.4 Å². The van der Waals surface area contributed by atoms with Gasteiger partial charge >= 0.3 is 0 Å². The molecule has 0 N–H and O–H groups in total. The molecule has 0 aromatic heterocycles. The van der Waals surface area contributed by atoms with Gasteiger partial charge in [-0.3, -0.25) is 0 Å².